The molecule has 1 unspecified atom stereocenters. The molecule has 0 aromatic carbocycles. The van der Waals surface area contributed by atoms with E-state index in [1.165, 1.54) is 0 Å². The van der Waals surface area contributed by atoms with Crippen molar-refractivity contribution < 1.29 is 9.21 Å². The SMILES string of the molecule is CC(NC(=O)NC1CCN(CCN(C)C)CC1)c1ccco1. The Morgan fingerprint density at radius 3 is 2.77 bits per heavy atom. The van der Waals surface area contributed by atoms with Crippen LogP contribution in [0.5, 0.6) is 0 Å². The third-order valence-corrected chi connectivity index (χ3v) is 4.10. The van der Waals surface area contributed by atoms with Crippen molar-refractivity contribution in [3.8, 4) is 0 Å². The third-order valence-electron chi connectivity index (χ3n) is 4.10. The summed E-state index contributed by atoms with van der Waals surface area (Å²) in [5.74, 6) is 0.772. The van der Waals surface area contributed by atoms with Gasteiger partial charge in [0.15, 0.2) is 0 Å². The maximum atomic E-state index is 12.0. The third kappa shape index (κ3) is 5.35. The zero-order valence-electron chi connectivity index (χ0n) is 13.8. The number of carbonyl (C=O) groups is 1. The number of nitrogens with zero attached hydrogens (tertiary/aromatic N) is 2. The lowest BCUT2D eigenvalue weighted by molar-refractivity contribution is 0.179. The molecular formula is C16H28N4O2. The molecular weight excluding hydrogens is 280 g/mol. The second-order valence-electron chi connectivity index (χ2n) is 6.27. The van der Waals surface area contributed by atoms with E-state index in [0.29, 0.717) is 0 Å². The fourth-order valence-electron chi connectivity index (χ4n) is 2.67. The lowest BCUT2D eigenvalue weighted by Crippen LogP contribution is -2.49. The molecule has 0 spiro atoms. The van der Waals surface area contributed by atoms with Gasteiger partial charge < -0.3 is 24.9 Å². The first-order valence-electron chi connectivity index (χ1n) is 8.02. The van der Waals surface area contributed by atoms with Crippen LogP contribution in [-0.4, -0.2) is 62.1 Å². The van der Waals surface area contributed by atoms with Crippen molar-refractivity contribution in [2.24, 2.45) is 0 Å². The number of likely N-dealkylation sites (N-methyl/N-ethyl adjacent to an activating group) is 1. The minimum Gasteiger partial charge on any atom is -0.467 e. The Hall–Kier alpha value is -1.53. The Morgan fingerprint density at radius 1 is 1.45 bits per heavy atom. The molecule has 6 nitrogen and oxygen atoms in total. The van der Waals surface area contributed by atoms with Gasteiger partial charge in [0.25, 0.3) is 0 Å². The highest BCUT2D eigenvalue weighted by Crippen LogP contribution is 2.13. The Labute approximate surface area is 132 Å². The molecule has 1 aromatic rings. The van der Waals surface area contributed by atoms with Crippen molar-refractivity contribution in [1.29, 1.82) is 0 Å². The van der Waals surface area contributed by atoms with E-state index in [9.17, 15) is 4.79 Å². The summed E-state index contributed by atoms with van der Waals surface area (Å²) in [5, 5.41) is 5.99. The van der Waals surface area contributed by atoms with Crippen molar-refractivity contribution in [2.45, 2.75) is 31.8 Å². The zero-order chi connectivity index (χ0) is 15.9. The van der Waals surface area contributed by atoms with Crippen molar-refractivity contribution in [3.63, 3.8) is 0 Å². The van der Waals surface area contributed by atoms with Crippen LogP contribution >= 0.6 is 0 Å². The van der Waals surface area contributed by atoms with Crippen LogP contribution < -0.4 is 10.6 Å². The van der Waals surface area contributed by atoms with E-state index in [1.54, 1.807) is 6.26 Å². The first-order valence-corrected chi connectivity index (χ1v) is 8.02. The first-order chi connectivity index (χ1) is 10.5. The fourth-order valence-corrected chi connectivity index (χ4v) is 2.67. The molecule has 2 heterocycles. The number of urea groups is 1. The van der Waals surface area contributed by atoms with Gasteiger partial charge in [-0.25, -0.2) is 4.79 Å². The standard InChI is InChI=1S/C16H28N4O2/c1-13(15-5-4-12-22-15)17-16(21)18-14-6-8-20(9-7-14)11-10-19(2)3/h4-5,12-14H,6-11H2,1-3H3,(H2,17,18,21). The molecule has 6 heteroatoms. The van der Waals surface area contributed by atoms with Crippen LogP contribution in [0.4, 0.5) is 4.79 Å². The molecule has 2 rings (SSSR count). The van der Waals surface area contributed by atoms with Crippen LogP contribution in [0, 0.1) is 0 Å². The lowest BCUT2D eigenvalue weighted by Gasteiger charge is -2.33. The number of furan rings is 1. The van der Waals surface area contributed by atoms with Crippen molar-refractivity contribution in [1.82, 2.24) is 20.4 Å². The molecule has 1 saturated heterocycles. The molecule has 1 aliphatic rings. The highest BCUT2D eigenvalue weighted by molar-refractivity contribution is 5.74. The van der Waals surface area contributed by atoms with Gasteiger partial charge in [-0.1, -0.05) is 0 Å². The van der Waals surface area contributed by atoms with E-state index in [0.717, 1.165) is 44.8 Å². The fraction of sp³-hybridized carbons (Fsp3) is 0.688. The largest absolute Gasteiger partial charge is 0.467 e. The monoisotopic (exact) mass is 308 g/mol. The summed E-state index contributed by atoms with van der Waals surface area (Å²) in [6.07, 6.45) is 3.64. The molecule has 0 saturated carbocycles. The van der Waals surface area contributed by atoms with Crippen LogP contribution in [0.25, 0.3) is 0 Å². The summed E-state index contributed by atoms with van der Waals surface area (Å²) in [5.41, 5.74) is 0. The summed E-state index contributed by atoms with van der Waals surface area (Å²) in [6, 6.07) is 3.73. The van der Waals surface area contributed by atoms with Crippen molar-refractivity contribution in [3.05, 3.63) is 24.2 Å². The average Bonchev–Trinajstić information content (AvgIpc) is 3.00. The lowest BCUT2D eigenvalue weighted by atomic mass is 10.1. The Bertz CT molecular complexity index is 439. The summed E-state index contributed by atoms with van der Waals surface area (Å²) in [4.78, 5) is 16.7. The van der Waals surface area contributed by atoms with E-state index in [2.05, 4.69) is 34.5 Å². The molecule has 22 heavy (non-hydrogen) atoms. The number of hydrogen-bond acceptors (Lipinski definition) is 4. The summed E-state index contributed by atoms with van der Waals surface area (Å²) < 4.78 is 5.29. The Kier molecular flexibility index (Phi) is 6.27. The van der Waals surface area contributed by atoms with Crippen molar-refractivity contribution >= 4 is 6.03 Å². The molecule has 1 atom stereocenters. The molecule has 2 N–H and O–H groups in total. The predicted octanol–water partition coefficient (Wildman–Crippen LogP) is 1.67. The minimum atomic E-state index is -0.116. The van der Waals surface area contributed by atoms with Crippen LogP contribution in [0.15, 0.2) is 22.8 Å². The summed E-state index contributed by atoms with van der Waals surface area (Å²) in [7, 11) is 4.19. The highest BCUT2D eigenvalue weighted by atomic mass is 16.3. The Balaban J connectivity index is 1.66. The first kappa shape index (κ1) is 16.8. The normalized spacial score (nSPS) is 18.4. The van der Waals surface area contributed by atoms with Crippen LogP contribution in [-0.2, 0) is 0 Å². The van der Waals surface area contributed by atoms with Gasteiger partial charge >= 0.3 is 6.03 Å². The van der Waals surface area contributed by atoms with E-state index < -0.39 is 0 Å². The number of likely N-dealkylation sites (tertiary alicyclic amines) is 1. The van der Waals surface area contributed by atoms with E-state index in [4.69, 9.17) is 4.42 Å². The summed E-state index contributed by atoms with van der Waals surface area (Å²) in [6.45, 7) is 6.20. The van der Waals surface area contributed by atoms with Gasteiger partial charge in [0.05, 0.1) is 12.3 Å². The summed E-state index contributed by atoms with van der Waals surface area (Å²) >= 11 is 0. The van der Waals surface area contributed by atoms with Gasteiger partial charge in [-0.3, -0.25) is 0 Å². The molecule has 0 radical (unpaired) electrons. The van der Waals surface area contributed by atoms with E-state index in [1.807, 2.05) is 19.1 Å². The van der Waals surface area contributed by atoms with Gasteiger partial charge in [-0.2, -0.15) is 0 Å². The number of amides is 2. The van der Waals surface area contributed by atoms with E-state index in [-0.39, 0.29) is 18.1 Å². The maximum Gasteiger partial charge on any atom is 0.315 e. The van der Waals surface area contributed by atoms with Gasteiger partial charge in [-0.15, -0.1) is 0 Å². The number of nitrogens with one attached hydrogen (secondary N) is 2. The smallest absolute Gasteiger partial charge is 0.315 e. The number of rotatable bonds is 6. The second kappa shape index (κ2) is 8.19. The average molecular weight is 308 g/mol. The van der Waals surface area contributed by atoms with Gasteiger partial charge in [0, 0.05) is 32.2 Å². The quantitative estimate of drug-likeness (QED) is 0.839. The van der Waals surface area contributed by atoms with Gasteiger partial charge in [0.1, 0.15) is 5.76 Å². The molecule has 1 fully saturated rings. The van der Waals surface area contributed by atoms with Crippen LogP contribution in [0.2, 0.25) is 0 Å². The van der Waals surface area contributed by atoms with E-state index >= 15 is 0 Å². The molecule has 2 amide bonds. The minimum absolute atomic E-state index is 0.115. The highest BCUT2D eigenvalue weighted by Gasteiger charge is 2.21. The molecule has 124 valence electrons. The number of hydrogen-bond donors (Lipinski definition) is 2. The predicted molar refractivity (Wildman–Crippen MR) is 86.8 cm³/mol. The van der Waals surface area contributed by atoms with Crippen molar-refractivity contribution in [2.75, 3.05) is 40.3 Å². The zero-order valence-corrected chi connectivity index (χ0v) is 13.8. The van der Waals surface area contributed by atoms with Gasteiger partial charge in [-0.05, 0) is 46.0 Å². The second-order valence-corrected chi connectivity index (χ2v) is 6.27. The molecule has 1 aliphatic heterocycles. The molecule has 1 aromatic heterocycles. The molecule has 0 bridgehead atoms. The van der Waals surface area contributed by atoms with Gasteiger partial charge in [0.2, 0.25) is 0 Å². The Morgan fingerprint density at radius 2 is 2.18 bits per heavy atom. The van der Waals surface area contributed by atoms with Crippen LogP contribution in [0.3, 0.4) is 0 Å². The topological polar surface area (TPSA) is 60.8 Å². The molecule has 0 aliphatic carbocycles. The maximum absolute atomic E-state index is 12.0. The number of piperidine rings is 1. The number of carbonyl (C=O) groups excluding carboxylic acids is 1. The van der Waals surface area contributed by atoms with Crippen LogP contribution in [0.1, 0.15) is 31.6 Å².